The van der Waals surface area contributed by atoms with E-state index in [4.69, 9.17) is 0 Å². The summed E-state index contributed by atoms with van der Waals surface area (Å²) < 4.78 is 2.64. The van der Waals surface area contributed by atoms with Gasteiger partial charge in [-0.3, -0.25) is 9.36 Å². The second-order valence-corrected chi connectivity index (χ2v) is 3.53. The Morgan fingerprint density at radius 1 is 1.46 bits per heavy atom. The van der Waals surface area contributed by atoms with E-state index in [0.717, 1.165) is 11.8 Å². The average Bonchev–Trinajstić information content (AvgIpc) is 2.12. The van der Waals surface area contributed by atoms with Gasteiger partial charge < -0.3 is 4.57 Å². The monoisotopic (exact) mass is 246 g/mol. The summed E-state index contributed by atoms with van der Waals surface area (Å²) >= 11 is 3.25. The first-order valence-corrected chi connectivity index (χ1v) is 5.11. The first-order chi connectivity index (χ1) is 6.16. The Labute approximate surface area is 83.9 Å². The van der Waals surface area contributed by atoms with Crippen molar-refractivity contribution in [2.24, 2.45) is 7.05 Å². The molecule has 1 aromatic rings. The Morgan fingerprint density at radius 2 is 2.15 bits per heavy atom. The lowest BCUT2D eigenvalue weighted by Crippen LogP contribution is -2.37. The molecule has 72 valence electrons. The molecular weight excluding hydrogens is 236 g/mol. The van der Waals surface area contributed by atoms with Gasteiger partial charge in [0.25, 0.3) is 5.56 Å². The maximum absolute atomic E-state index is 11.4. The molecule has 0 atom stereocenters. The molecule has 0 saturated heterocycles. The van der Waals surface area contributed by atoms with Crippen LogP contribution in [0.25, 0.3) is 0 Å². The summed E-state index contributed by atoms with van der Waals surface area (Å²) in [6.07, 6.45) is 2.26. The van der Waals surface area contributed by atoms with Crippen molar-refractivity contribution in [1.29, 1.82) is 0 Å². The maximum Gasteiger partial charge on any atom is 0.330 e. The van der Waals surface area contributed by atoms with Gasteiger partial charge in [0.2, 0.25) is 0 Å². The fourth-order valence-corrected chi connectivity index (χ4v) is 1.29. The van der Waals surface area contributed by atoms with Crippen molar-refractivity contribution in [2.45, 2.75) is 13.0 Å². The van der Waals surface area contributed by atoms with E-state index in [1.54, 1.807) is 7.05 Å². The molecule has 0 unspecified atom stereocenters. The highest BCUT2D eigenvalue weighted by molar-refractivity contribution is 9.09. The molecule has 0 spiro atoms. The van der Waals surface area contributed by atoms with Crippen LogP contribution in [0.2, 0.25) is 0 Å². The van der Waals surface area contributed by atoms with Crippen molar-refractivity contribution in [3.8, 4) is 0 Å². The predicted octanol–water partition coefficient (Wildman–Crippen LogP) is 0.332. The topological polar surface area (TPSA) is 44.0 Å². The van der Waals surface area contributed by atoms with Crippen LogP contribution in [0.5, 0.6) is 0 Å². The van der Waals surface area contributed by atoms with E-state index in [1.807, 2.05) is 0 Å². The van der Waals surface area contributed by atoms with Crippen LogP contribution in [0.15, 0.2) is 21.9 Å². The smallest absolute Gasteiger partial charge is 0.303 e. The lowest BCUT2D eigenvalue weighted by atomic mass is 10.4. The highest BCUT2D eigenvalue weighted by atomic mass is 79.9. The number of halogens is 1. The van der Waals surface area contributed by atoms with Crippen molar-refractivity contribution < 1.29 is 0 Å². The lowest BCUT2D eigenvalue weighted by Gasteiger charge is -2.04. The number of rotatable bonds is 3. The van der Waals surface area contributed by atoms with Crippen molar-refractivity contribution in [3.63, 3.8) is 0 Å². The largest absolute Gasteiger partial charge is 0.330 e. The predicted molar refractivity (Wildman–Crippen MR) is 54.4 cm³/mol. The summed E-state index contributed by atoms with van der Waals surface area (Å²) in [4.78, 5) is 22.6. The van der Waals surface area contributed by atoms with E-state index in [2.05, 4.69) is 15.9 Å². The fraction of sp³-hybridized carbons (Fsp3) is 0.500. The van der Waals surface area contributed by atoms with Crippen LogP contribution < -0.4 is 11.2 Å². The Hall–Kier alpha value is -0.840. The van der Waals surface area contributed by atoms with Crippen LogP contribution in [-0.2, 0) is 13.6 Å². The summed E-state index contributed by atoms with van der Waals surface area (Å²) in [7, 11) is 1.63. The van der Waals surface area contributed by atoms with Gasteiger partial charge in [-0.15, -0.1) is 0 Å². The molecule has 0 bridgehead atoms. The Morgan fingerprint density at radius 3 is 2.77 bits per heavy atom. The number of aryl methyl sites for hydroxylation is 1. The SMILES string of the molecule is Cn1ccc(=O)n(CCCBr)c1=O. The lowest BCUT2D eigenvalue weighted by molar-refractivity contribution is 0.584. The number of nitrogens with zero attached hydrogens (tertiary/aromatic N) is 2. The van der Waals surface area contributed by atoms with Crippen molar-refractivity contribution in [3.05, 3.63) is 33.1 Å². The molecular formula is C8H11BrN2O2. The Bertz CT molecular complexity index is 394. The van der Waals surface area contributed by atoms with Crippen LogP contribution in [0.1, 0.15) is 6.42 Å². The molecule has 0 aliphatic rings. The van der Waals surface area contributed by atoms with Crippen LogP contribution in [0.3, 0.4) is 0 Å². The summed E-state index contributed by atoms with van der Waals surface area (Å²) in [6.45, 7) is 0.470. The molecule has 0 aliphatic carbocycles. The van der Waals surface area contributed by atoms with Crippen LogP contribution in [0.4, 0.5) is 0 Å². The number of hydrogen-bond donors (Lipinski definition) is 0. The third kappa shape index (κ3) is 2.30. The molecule has 0 N–H and O–H groups in total. The van der Waals surface area contributed by atoms with Gasteiger partial charge in [0, 0.05) is 31.2 Å². The van der Waals surface area contributed by atoms with Crippen molar-refractivity contribution in [1.82, 2.24) is 9.13 Å². The fourth-order valence-electron chi connectivity index (χ4n) is 1.04. The van der Waals surface area contributed by atoms with Crippen molar-refractivity contribution in [2.75, 3.05) is 5.33 Å². The van der Waals surface area contributed by atoms with Gasteiger partial charge in [0.05, 0.1) is 0 Å². The van der Waals surface area contributed by atoms with Gasteiger partial charge in [-0.25, -0.2) is 4.79 Å². The molecule has 1 aromatic heterocycles. The van der Waals surface area contributed by atoms with Crippen LogP contribution in [-0.4, -0.2) is 14.5 Å². The minimum absolute atomic E-state index is 0.232. The Balaban J connectivity index is 3.11. The standard InChI is InChI=1S/C8H11BrN2O2/c1-10-6-3-7(12)11(8(10)13)5-2-4-9/h3,6H,2,4-5H2,1H3. The summed E-state index contributed by atoms with van der Waals surface area (Å²) in [6, 6.07) is 1.40. The minimum Gasteiger partial charge on any atom is -0.303 e. The van der Waals surface area contributed by atoms with Crippen LogP contribution in [0, 0.1) is 0 Å². The molecule has 0 fully saturated rings. The van der Waals surface area contributed by atoms with E-state index in [9.17, 15) is 9.59 Å². The number of alkyl halides is 1. The second kappa shape index (κ2) is 4.41. The third-order valence-electron chi connectivity index (χ3n) is 1.75. The quantitative estimate of drug-likeness (QED) is 0.722. The molecule has 0 radical (unpaired) electrons. The molecule has 0 aromatic carbocycles. The van der Waals surface area contributed by atoms with E-state index in [0.29, 0.717) is 6.54 Å². The average molecular weight is 247 g/mol. The van der Waals surface area contributed by atoms with E-state index in [-0.39, 0.29) is 11.2 Å². The zero-order chi connectivity index (χ0) is 9.84. The Kier molecular flexibility index (Phi) is 3.48. The number of hydrogen-bond acceptors (Lipinski definition) is 2. The zero-order valence-corrected chi connectivity index (χ0v) is 8.95. The zero-order valence-electron chi connectivity index (χ0n) is 7.36. The van der Waals surface area contributed by atoms with Gasteiger partial charge in [0.15, 0.2) is 0 Å². The van der Waals surface area contributed by atoms with E-state index < -0.39 is 0 Å². The van der Waals surface area contributed by atoms with Crippen LogP contribution >= 0.6 is 15.9 Å². The van der Waals surface area contributed by atoms with Gasteiger partial charge in [-0.1, -0.05) is 15.9 Å². The van der Waals surface area contributed by atoms with Gasteiger partial charge in [-0.05, 0) is 6.42 Å². The highest BCUT2D eigenvalue weighted by Gasteiger charge is 2.00. The maximum atomic E-state index is 11.4. The molecule has 5 heteroatoms. The summed E-state index contributed by atoms with van der Waals surface area (Å²) in [5.41, 5.74) is -0.488. The molecule has 4 nitrogen and oxygen atoms in total. The molecule has 0 aliphatic heterocycles. The molecule has 1 rings (SSSR count). The normalized spacial score (nSPS) is 10.3. The van der Waals surface area contributed by atoms with Crippen molar-refractivity contribution >= 4 is 15.9 Å². The molecule has 1 heterocycles. The summed E-state index contributed by atoms with van der Waals surface area (Å²) in [5.74, 6) is 0. The number of aromatic nitrogens is 2. The molecule has 0 amide bonds. The van der Waals surface area contributed by atoms with Gasteiger partial charge in [0.1, 0.15) is 0 Å². The van der Waals surface area contributed by atoms with E-state index in [1.165, 1.54) is 21.4 Å². The third-order valence-corrected chi connectivity index (χ3v) is 2.32. The molecule has 13 heavy (non-hydrogen) atoms. The first-order valence-electron chi connectivity index (χ1n) is 3.99. The van der Waals surface area contributed by atoms with Gasteiger partial charge >= 0.3 is 5.69 Å². The molecule has 0 saturated carbocycles. The summed E-state index contributed by atoms with van der Waals surface area (Å²) in [5, 5.41) is 0.789. The van der Waals surface area contributed by atoms with E-state index >= 15 is 0 Å². The highest BCUT2D eigenvalue weighted by Crippen LogP contribution is 1.88. The second-order valence-electron chi connectivity index (χ2n) is 2.74. The first kappa shape index (κ1) is 10.2. The minimum atomic E-state index is -0.256. The van der Waals surface area contributed by atoms with Gasteiger partial charge in [-0.2, -0.15) is 0 Å².